The van der Waals surface area contributed by atoms with Crippen LogP contribution in [-0.2, 0) is 25.9 Å². The number of hydrogen-bond acceptors (Lipinski definition) is 1. The number of rotatable bonds is 1. The first-order chi connectivity index (χ1) is 5.13. The Labute approximate surface area is 78.3 Å². The fraction of sp³-hybridized carbons (Fsp3) is 0.875. The number of fused-ring (bicyclic) bond motifs is 2. The summed E-state index contributed by atoms with van der Waals surface area (Å²) in [6, 6.07) is 0. The minimum atomic E-state index is -0.604. The molecule has 0 saturated heterocycles. The molecule has 2 nitrogen and oxygen atoms in total. The molecule has 0 heterocycles. The summed E-state index contributed by atoms with van der Waals surface area (Å²) in [5.74, 6) is 0.558. The predicted molar refractivity (Wildman–Crippen MR) is 35.8 cm³/mol. The first-order valence-corrected chi connectivity index (χ1v) is 5.10. The van der Waals surface area contributed by atoms with Crippen molar-refractivity contribution in [3.05, 3.63) is 0 Å². The van der Waals surface area contributed by atoms with Gasteiger partial charge in [-0.2, -0.15) is 0 Å². The van der Waals surface area contributed by atoms with Crippen LogP contribution in [0.1, 0.15) is 25.7 Å². The Kier molecular flexibility index (Phi) is 1.67. The van der Waals surface area contributed by atoms with Crippen molar-refractivity contribution in [1.82, 2.24) is 0 Å². The van der Waals surface area contributed by atoms with E-state index in [1.165, 1.54) is 6.42 Å². The van der Waals surface area contributed by atoms with Crippen LogP contribution >= 0.6 is 0 Å². The van der Waals surface area contributed by atoms with E-state index in [-0.39, 0.29) is 0 Å². The van der Waals surface area contributed by atoms with Gasteiger partial charge in [0.2, 0.25) is 0 Å². The first-order valence-electron chi connectivity index (χ1n) is 4.01. The summed E-state index contributed by atoms with van der Waals surface area (Å²) in [5, 5.41) is 8.98. The Balaban J connectivity index is 2.23. The van der Waals surface area contributed by atoms with Crippen molar-refractivity contribution < 1.29 is 31.0 Å². The van der Waals surface area contributed by atoms with Gasteiger partial charge in [-0.1, -0.05) is 0 Å². The van der Waals surface area contributed by atoms with Gasteiger partial charge in [0.1, 0.15) is 0 Å². The molecule has 0 spiro atoms. The summed E-state index contributed by atoms with van der Waals surface area (Å²) in [4.78, 5) is 10.9. The second-order valence-electron chi connectivity index (χ2n) is 3.68. The molecule has 2 aliphatic rings. The van der Waals surface area contributed by atoms with Crippen molar-refractivity contribution in [3.8, 4) is 0 Å². The van der Waals surface area contributed by atoms with Gasteiger partial charge in [-0.25, -0.2) is 0 Å². The molecule has 0 amide bonds. The zero-order valence-corrected chi connectivity index (χ0v) is 8.31. The molecule has 2 rings (SSSR count). The third-order valence-electron chi connectivity index (χ3n) is 3.07. The van der Waals surface area contributed by atoms with Crippen LogP contribution in [0.25, 0.3) is 0 Å². The molecule has 3 unspecified atom stereocenters. The van der Waals surface area contributed by atoms with E-state index in [9.17, 15) is 4.79 Å². The third kappa shape index (κ3) is 1.00. The van der Waals surface area contributed by atoms with E-state index < -0.39 is 9.60 Å². The van der Waals surface area contributed by atoms with Crippen LogP contribution < -0.4 is 0 Å². The fourth-order valence-electron chi connectivity index (χ4n) is 2.48. The van der Waals surface area contributed by atoms with Gasteiger partial charge in [0.05, 0.1) is 0 Å². The maximum absolute atomic E-state index is 10.9. The molecule has 2 saturated carbocycles. The van der Waals surface area contributed by atoms with Crippen LogP contribution in [0.3, 0.4) is 0 Å². The van der Waals surface area contributed by atoms with Crippen LogP contribution in [0, 0.1) is 11.8 Å². The number of aliphatic carboxylic acids is 1. The molecule has 1 N–H and O–H groups in total. The second kappa shape index (κ2) is 2.35. The number of carboxylic acids is 1. The van der Waals surface area contributed by atoms with Gasteiger partial charge in [-0.3, -0.25) is 0 Å². The van der Waals surface area contributed by atoms with E-state index in [1.54, 1.807) is 0 Å². The summed E-state index contributed by atoms with van der Waals surface area (Å²) in [6.45, 7) is 0. The Bertz CT molecular complexity index is 204. The van der Waals surface area contributed by atoms with Gasteiger partial charge in [0.15, 0.2) is 0 Å². The van der Waals surface area contributed by atoms with Gasteiger partial charge in [-0.15, -0.1) is 0 Å². The molecular formula is C8H11AuO2. The summed E-state index contributed by atoms with van der Waals surface area (Å²) in [7, 11) is 0. The predicted octanol–water partition coefficient (Wildman–Crippen LogP) is 1.60. The molecule has 2 aliphatic carbocycles. The topological polar surface area (TPSA) is 37.3 Å². The van der Waals surface area contributed by atoms with Crippen molar-refractivity contribution in [2.45, 2.75) is 29.3 Å². The second-order valence-corrected chi connectivity index (χ2v) is 5.61. The van der Waals surface area contributed by atoms with E-state index in [1.807, 2.05) is 0 Å². The molecule has 3 atom stereocenters. The van der Waals surface area contributed by atoms with Crippen LogP contribution in [0.15, 0.2) is 0 Å². The molecule has 11 heavy (non-hydrogen) atoms. The first kappa shape index (κ1) is 7.84. The van der Waals surface area contributed by atoms with Gasteiger partial charge in [-0.05, 0) is 0 Å². The monoisotopic (exact) mass is 336 g/mol. The summed E-state index contributed by atoms with van der Waals surface area (Å²) >= 11 is 2.35. The van der Waals surface area contributed by atoms with Crippen molar-refractivity contribution in [3.63, 3.8) is 0 Å². The maximum atomic E-state index is 10.9. The third-order valence-corrected chi connectivity index (χ3v) is 4.86. The van der Waals surface area contributed by atoms with E-state index in [2.05, 4.69) is 21.1 Å². The molecule has 2 fully saturated rings. The summed E-state index contributed by atoms with van der Waals surface area (Å²) in [5.41, 5.74) is 0. The molecular weight excluding hydrogens is 325 g/mol. The van der Waals surface area contributed by atoms with Crippen LogP contribution in [-0.4, -0.2) is 11.1 Å². The molecule has 0 aromatic heterocycles. The Morgan fingerprint density at radius 1 is 1.55 bits per heavy atom. The van der Waals surface area contributed by atoms with Crippen molar-refractivity contribution in [1.29, 1.82) is 0 Å². The standard InChI is InChI=1S/C8H11O2.Au/c9-8(10)7-4-5-1-2-6(7)3-5;/h5-6H,1-4H2,(H,9,10);. The summed E-state index contributed by atoms with van der Waals surface area (Å²) in [6.07, 6.45) is 4.45. The molecule has 0 aromatic carbocycles. The fourth-order valence-corrected chi connectivity index (χ4v) is 3.68. The SMILES string of the molecule is O=C(O)[C]1([Au])CC2CCC1C2. The van der Waals surface area contributed by atoms with Gasteiger partial charge >= 0.3 is 78.1 Å². The van der Waals surface area contributed by atoms with E-state index in [0.29, 0.717) is 11.8 Å². The van der Waals surface area contributed by atoms with E-state index in [4.69, 9.17) is 5.11 Å². The Morgan fingerprint density at radius 2 is 2.27 bits per heavy atom. The average molecular weight is 336 g/mol. The number of hydrogen-bond donors (Lipinski definition) is 1. The molecule has 2 bridgehead atoms. The number of carboxylic acid groups (broad SMARTS) is 1. The zero-order chi connectivity index (χ0) is 8.06. The average Bonchev–Trinajstić information content (AvgIpc) is 2.45. The number of carbonyl (C=O) groups is 1. The molecule has 0 radical (unpaired) electrons. The van der Waals surface area contributed by atoms with Crippen LogP contribution in [0.5, 0.6) is 0 Å². The normalized spacial score (nSPS) is 48.2. The quantitative estimate of drug-likeness (QED) is 0.739. The van der Waals surface area contributed by atoms with Gasteiger partial charge < -0.3 is 0 Å². The summed E-state index contributed by atoms with van der Waals surface area (Å²) < 4.78 is -0.428. The van der Waals surface area contributed by atoms with Crippen molar-refractivity contribution in [2.24, 2.45) is 11.8 Å². The molecule has 66 valence electrons. The van der Waals surface area contributed by atoms with Gasteiger partial charge in [0.25, 0.3) is 0 Å². The zero-order valence-electron chi connectivity index (χ0n) is 6.14. The Morgan fingerprint density at radius 3 is 2.55 bits per heavy atom. The van der Waals surface area contributed by atoms with E-state index >= 15 is 0 Å². The van der Waals surface area contributed by atoms with Crippen LogP contribution in [0.4, 0.5) is 0 Å². The Hall–Kier alpha value is 0.210. The van der Waals surface area contributed by atoms with Gasteiger partial charge in [0, 0.05) is 0 Å². The minimum absolute atomic E-state index is 0.428. The molecule has 3 heteroatoms. The van der Waals surface area contributed by atoms with Crippen molar-refractivity contribution >= 4 is 5.97 Å². The van der Waals surface area contributed by atoms with Crippen LogP contribution in [0.2, 0.25) is 3.63 Å². The van der Waals surface area contributed by atoms with E-state index in [0.717, 1.165) is 19.3 Å². The van der Waals surface area contributed by atoms with Crippen molar-refractivity contribution in [2.75, 3.05) is 0 Å². The molecule has 0 aliphatic heterocycles. The molecule has 0 aromatic rings.